The van der Waals surface area contributed by atoms with Crippen molar-refractivity contribution >= 4 is 79.8 Å². The molecule has 66 heavy (non-hydrogen) atoms. The van der Waals surface area contributed by atoms with Gasteiger partial charge in [0.05, 0.1) is 75.9 Å². The molecular formula is C47H51N7O10S2. The normalized spacial score (nSPS) is 16.5. The minimum atomic E-state index is -1.05. The molecule has 2 fully saturated rings. The summed E-state index contributed by atoms with van der Waals surface area (Å²) in [7, 11) is 0. The zero-order chi connectivity index (χ0) is 46.0. The molecule has 2 aromatic heterocycles. The van der Waals surface area contributed by atoms with E-state index >= 15 is 0 Å². The van der Waals surface area contributed by atoms with Crippen LogP contribution in [0.1, 0.15) is 64.4 Å². The van der Waals surface area contributed by atoms with E-state index in [1.165, 1.54) is 6.07 Å². The molecule has 5 heterocycles. The van der Waals surface area contributed by atoms with E-state index in [-0.39, 0.29) is 67.9 Å². The Morgan fingerprint density at radius 2 is 1.55 bits per heavy atom. The van der Waals surface area contributed by atoms with Crippen LogP contribution in [0.4, 0.5) is 10.8 Å². The maximum Gasteiger partial charge on any atom is 0.266 e. The number of thiazole rings is 1. The van der Waals surface area contributed by atoms with E-state index in [1.807, 2.05) is 41.9 Å². The summed E-state index contributed by atoms with van der Waals surface area (Å²) in [6.45, 7) is 4.40. The first kappa shape index (κ1) is 46.4. The molecule has 346 valence electrons. The van der Waals surface area contributed by atoms with Crippen molar-refractivity contribution in [3.8, 4) is 16.9 Å². The number of nitrogens with two attached hydrogens (primary N) is 1. The topological polar surface area (TPSA) is 206 Å². The summed E-state index contributed by atoms with van der Waals surface area (Å²) in [5, 5.41) is 9.38. The van der Waals surface area contributed by atoms with Crippen LogP contribution < -0.4 is 26.0 Å². The zero-order valence-electron chi connectivity index (χ0n) is 36.2. The van der Waals surface area contributed by atoms with Crippen molar-refractivity contribution < 1.29 is 47.7 Å². The van der Waals surface area contributed by atoms with Crippen LogP contribution in [0, 0.1) is 0 Å². The zero-order valence-corrected chi connectivity index (χ0v) is 37.9. The van der Waals surface area contributed by atoms with Gasteiger partial charge in [-0.1, -0.05) is 42.5 Å². The Kier molecular flexibility index (Phi) is 15.4. The minimum absolute atomic E-state index is 0.0404. The third kappa shape index (κ3) is 10.9. The maximum absolute atomic E-state index is 13.2. The van der Waals surface area contributed by atoms with Crippen molar-refractivity contribution in [2.24, 2.45) is 5.73 Å². The standard InChI is InChI=1S/C47H51N7O10S2/c48-43(65)31-4-1-3-30(27-31)36-29-53(33-11-15-52(16-12-33)47-49-14-26-66-47)38-28-32(7-8-34(36)38)50-41(56)13-17-60-18-19-61-20-21-62-22-23-63-24-25-64-39-6-2-5-35-42(39)46(59)54(45(35)58)37-9-10-40(55)51-44(37)57/h1-8,14,26-29,33,37H,9-13,15-25H2,(H2,48,65)(H,50,56)(H,51,55,57). The summed E-state index contributed by atoms with van der Waals surface area (Å²) in [5.74, 6) is -2.27. The molecule has 3 aromatic carbocycles. The van der Waals surface area contributed by atoms with E-state index in [1.54, 1.807) is 23.5 Å². The molecular weight excluding hydrogens is 887 g/mol. The lowest BCUT2D eigenvalue weighted by atomic mass is 10.0. The van der Waals surface area contributed by atoms with Crippen LogP contribution in [0.5, 0.6) is 5.75 Å². The monoisotopic (exact) mass is 937 g/mol. The van der Waals surface area contributed by atoms with Gasteiger partial charge in [0.15, 0.2) is 5.13 Å². The van der Waals surface area contributed by atoms with Gasteiger partial charge in [0.25, 0.3) is 11.8 Å². The summed E-state index contributed by atoms with van der Waals surface area (Å²) in [6.07, 6.45) is 6.28. The summed E-state index contributed by atoms with van der Waals surface area (Å²) in [4.78, 5) is 71.2. The van der Waals surface area contributed by atoms with Gasteiger partial charge in [-0.3, -0.25) is 34.2 Å². The van der Waals surface area contributed by atoms with Crippen molar-refractivity contribution in [3.05, 3.63) is 95.1 Å². The fourth-order valence-electron chi connectivity index (χ4n) is 8.37. The molecule has 8 rings (SSSR count). The lowest BCUT2D eigenvalue weighted by Gasteiger charge is -2.33. The Morgan fingerprint density at radius 1 is 0.833 bits per heavy atom. The number of benzene rings is 3. The number of ether oxygens (including phenoxy) is 5. The van der Waals surface area contributed by atoms with Crippen molar-refractivity contribution in [1.82, 2.24) is 19.8 Å². The van der Waals surface area contributed by atoms with Gasteiger partial charge in [0.2, 0.25) is 17.7 Å². The molecule has 3 aliphatic rings. The highest BCUT2D eigenvalue weighted by molar-refractivity contribution is 7.80. The van der Waals surface area contributed by atoms with Crippen molar-refractivity contribution in [3.63, 3.8) is 0 Å². The summed E-state index contributed by atoms with van der Waals surface area (Å²) >= 11 is 6.94. The number of carbonyl (C=O) groups is 5. The summed E-state index contributed by atoms with van der Waals surface area (Å²) in [6, 6.07) is 17.9. The van der Waals surface area contributed by atoms with Crippen molar-refractivity contribution in [1.29, 1.82) is 0 Å². The Bertz CT molecular complexity index is 2580. The number of carbonyl (C=O) groups excluding carboxylic acids is 5. The highest BCUT2D eigenvalue weighted by Gasteiger charge is 2.46. The van der Waals surface area contributed by atoms with E-state index in [9.17, 15) is 24.0 Å². The van der Waals surface area contributed by atoms with Crippen LogP contribution in [0.15, 0.2) is 78.4 Å². The Hall–Kier alpha value is -6.09. The first-order valence-electron chi connectivity index (χ1n) is 21.9. The molecule has 1 unspecified atom stereocenters. The third-order valence-electron chi connectivity index (χ3n) is 11.6. The number of amides is 5. The maximum atomic E-state index is 13.2. The molecule has 19 heteroatoms. The van der Waals surface area contributed by atoms with Crippen LogP contribution in [-0.2, 0) is 33.3 Å². The molecule has 2 saturated heterocycles. The van der Waals surface area contributed by atoms with E-state index in [0.29, 0.717) is 50.3 Å². The molecule has 1 atom stereocenters. The SMILES string of the molecule is NC(=S)c1cccc(-c2cn(C3CCN(c4nccs4)CC3)c3cc(NC(=O)CCOCCOCCOCCOCCOc4cccc5c4C(=O)N(C4CCC(=O)NC4=O)C5=O)ccc23)c1. The molecule has 5 aromatic rings. The van der Waals surface area contributed by atoms with Gasteiger partial charge < -0.3 is 44.2 Å². The van der Waals surface area contributed by atoms with E-state index in [2.05, 4.69) is 43.4 Å². The molecule has 0 spiro atoms. The molecule has 5 amide bonds. The number of anilines is 2. The van der Waals surface area contributed by atoms with Gasteiger partial charge in [-0.05, 0) is 55.2 Å². The number of hydrogen-bond acceptors (Lipinski definition) is 14. The molecule has 0 saturated carbocycles. The molecule has 3 aliphatic heterocycles. The first-order chi connectivity index (χ1) is 32.2. The predicted molar refractivity (Wildman–Crippen MR) is 251 cm³/mol. The number of piperidine rings is 2. The van der Waals surface area contributed by atoms with Crippen LogP contribution in [0.3, 0.4) is 0 Å². The number of rotatable bonds is 22. The second-order valence-corrected chi connectivity index (χ2v) is 17.2. The van der Waals surface area contributed by atoms with Gasteiger partial charge in [-0.25, -0.2) is 4.98 Å². The van der Waals surface area contributed by atoms with Gasteiger partial charge in [0.1, 0.15) is 23.4 Å². The fraction of sp³-hybridized carbons (Fsp3) is 0.383. The average molecular weight is 938 g/mol. The van der Waals surface area contributed by atoms with Crippen LogP contribution in [0.25, 0.3) is 22.0 Å². The number of imide groups is 2. The number of fused-ring (bicyclic) bond motifs is 2. The largest absolute Gasteiger partial charge is 0.490 e. The van der Waals surface area contributed by atoms with Crippen LogP contribution >= 0.6 is 23.6 Å². The molecule has 0 bridgehead atoms. The Balaban J connectivity index is 0.706. The van der Waals surface area contributed by atoms with Crippen molar-refractivity contribution in [2.75, 3.05) is 82.8 Å². The lowest BCUT2D eigenvalue weighted by Crippen LogP contribution is -2.54. The smallest absolute Gasteiger partial charge is 0.266 e. The average Bonchev–Trinajstić information content (AvgIpc) is 4.05. The second-order valence-electron chi connectivity index (χ2n) is 15.9. The number of thiocarbonyl (C=S) groups is 1. The van der Waals surface area contributed by atoms with Crippen LogP contribution in [0.2, 0.25) is 0 Å². The number of nitrogens with zero attached hydrogens (tertiary/aromatic N) is 4. The molecule has 4 N–H and O–H groups in total. The van der Waals surface area contributed by atoms with Gasteiger partial charge in [0, 0.05) is 65.5 Å². The molecule has 0 aliphatic carbocycles. The highest BCUT2D eigenvalue weighted by atomic mass is 32.1. The van der Waals surface area contributed by atoms with Crippen LogP contribution in [-0.4, -0.2) is 128 Å². The number of aromatic nitrogens is 2. The molecule has 17 nitrogen and oxygen atoms in total. The minimum Gasteiger partial charge on any atom is -0.490 e. The lowest BCUT2D eigenvalue weighted by molar-refractivity contribution is -0.136. The van der Waals surface area contributed by atoms with E-state index < -0.39 is 29.7 Å². The quantitative estimate of drug-likeness (QED) is 0.0469. The second kappa shape index (κ2) is 21.9. The summed E-state index contributed by atoms with van der Waals surface area (Å²) < 4.78 is 30.5. The molecule has 0 radical (unpaired) electrons. The van der Waals surface area contributed by atoms with E-state index in [4.69, 9.17) is 41.6 Å². The number of nitrogens with one attached hydrogen (secondary N) is 2. The third-order valence-corrected chi connectivity index (χ3v) is 12.7. The Morgan fingerprint density at radius 3 is 2.24 bits per heavy atom. The summed E-state index contributed by atoms with van der Waals surface area (Å²) in [5.41, 5.74) is 10.9. The fourth-order valence-corrected chi connectivity index (χ4v) is 9.20. The van der Waals surface area contributed by atoms with Gasteiger partial charge in [-0.15, -0.1) is 11.3 Å². The van der Waals surface area contributed by atoms with E-state index in [0.717, 1.165) is 63.6 Å². The predicted octanol–water partition coefficient (Wildman–Crippen LogP) is 5.12. The van der Waals surface area contributed by atoms with Gasteiger partial charge in [-0.2, -0.15) is 0 Å². The first-order valence-corrected chi connectivity index (χ1v) is 23.2. The van der Waals surface area contributed by atoms with Crippen molar-refractivity contribution in [2.45, 2.75) is 44.2 Å². The Labute approximate surface area is 390 Å². The highest BCUT2D eigenvalue weighted by Crippen LogP contribution is 2.38. The van der Waals surface area contributed by atoms with Gasteiger partial charge >= 0.3 is 0 Å². The number of hydrogen-bond donors (Lipinski definition) is 3.